The van der Waals surface area contributed by atoms with Crippen LogP contribution in [-0.2, 0) is 9.53 Å². The van der Waals surface area contributed by atoms with Gasteiger partial charge in [0, 0.05) is 25.8 Å². The minimum Gasteiger partial charge on any atom is -0.382 e. The van der Waals surface area contributed by atoms with E-state index in [9.17, 15) is 4.79 Å². The van der Waals surface area contributed by atoms with Crippen LogP contribution in [0.2, 0.25) is 0 Å². The molecule has 2 aliphatic carbocycles. The number of nitrogens with one attached hydrogen (secondary N) is 1. The van der Waals surface area contributed by atoms with Crippen molar-refractivity contribution in [1.29, 1.82) is 0 Å². The second kappa shape index (κ2) is 7.31. The Morgan fingerprint density at radius 2 is 2.11 bits per heavy atom. The molecule has 0 aromatic rings. The summed E-state index contributed by atoms with van der Waals surface area (Å²) in [6.07, 6.45) is 4.46. The lowest BCUT2D eigenvalue weighted by Gasteiger charge is -2.26. The Balaban J connectivity index is 0.00000162. The van der Waals surface area contributed by atoms with Crippen molar-refractivity contribution in [1.82, 2.24) is 5.32 Å². The molecule has 2 rings (SSSR count). The fourth-order valence-corrected chi connectivity index (χ4v) is 3.37. The van der Waals surface area contributed by atoms with E-state index in [4.69, 9.17) is 10.5 Å². The maximum atomic E-state index is 12.0. The first-order chi connectivity index (χ1) is 8.24. The number of hydrogen-bond donors (Lipinski definition) is 2. The first kappa shape index (κ1) is 15.7. The van der Waals surface area contributed by atoms with E-state index < -0.39 is 0 Å². The van der Waals surface area contributed by atoms with Gasteiger partial charge in [-0.25, -0.2) is 0 Å². The molecule has 2 aliphatic rings. The molecule has 4 unspecified atom stereocenters. The smallest absolute Gasteiger partial charge is 0.224 e. The van der Waals surface area contributed by atoms with E-state index in [2.05, 4.69) is 5.32 Å². The molecular weight excluding hydrogens is 252 g/mol. The summed E-state index contributed by atoms with van der Waals surface area (Å²) < 4.78 is 5.24. The summed E-state index contributed by atoms with van der Waals surface area (Å²) in [5, 5.41) is 3.00. The Morgan fingerprint density at radius 3 is 2.72 bits per heavy atom. The Kier molecular flexibility index (Phi) is 6.39. The van der Waals surface area contributed by atoms with Gasteiger partial charge in [-0.2, -0.15) is 0 Å². The van der Waals surface area contributed by atoms with E-state index in [-0.39, 0.29) is 30.3 Å². The van der Waals surface area contributed by atoms with E-state index in [1.54, 1.807) is 0 Å². The number of rotatable bonds is 6. The van der Waals surface area contributed by atoms with E-state index in [0.29, 0.717) is 18.4 Å². The van der Waals surface area contributed by atoms with E-state index >= 15 is 0 Å². The van der Waals surface area contributed by atoms with Crippen molar-refractivity contribution in [3.8, 4) is 0 Å². The standard InChI is InChI=1S/C13H24N2O2.ClH/c1-2-17-7-3-6-15-13(16)11-9-4-5-10(8-9)12(11)14;/h9-12H,2-8,14H2,1H3,(H,15,16);1H. The highest BCUT2D eigenvalue weighted by Crippen LogP contribution is 2.47. The van der Waals surface area contributed by atoms with Gasteiger partial charge >= 0.3 is 0 Å². The lowest BCUT2D eigenvalue weighted by Crippen LogP contribution is -2.45. The van der Waals surface area contributed by atoms with Gasteiger partial charge in [0.2, 0.25) is 5.91 Å². The molecule has 106 valence electrons. The number of amides is 1. The quantitative estimate of drug-likeness (QED) is 0.720. The molecule has 2 bridgehead atoms. The molecule has 0 heterocycles. The van der Waals surface area contributed by atoms with Crippen LogP contribution < -0.4 is 11.1 Å². The molecule has 0 spiro atoms. The predicted molar refractivity (Wildman–Crippen MR) is 73.7 cm³/mol. The Hall–Kier alpha value is -0.320. The molecule has 18 heavy (non-hydrogen) atoms. The van der Waals surface area contributed by atoms with Crippen molar-refractivity contribution < 1.29 is 9.53 Å². The first-order valence-corrected chi connectivity index (χ1v) is 6.85. The van der Waals surface area contributed by atoms with Crippen LogP contribution in [-0.4, -0.2) is 31.7 Å². The number of nitrogens with two attached hydrogens (primary N) is 1. The van der Waals surface area contributed by atoms with E-state index in [0.717, 1.165) is 26.1 Å². The van der Waals surface area contributed by atoms with Crippen molar-refractivity contribution >= 4 is 18.3 Å². The highest BCUT2D eigenvalue weighted by atomic mass is 35.5. The molecular formula is C13H25ClN2O2. The molecule has 4 atom stereocenters. The van der Waals surface area contributed by atoms with Gasteiger partial charge in [-0.3, -0.25) is 4.79 Å². The van der Waals surface area contributed by atoms with Crippen LogP contribution >= 0.6 is 12.4 Å². The number of carbonyl (C=O) groups is 1. The summed E-state index contributed by atoms with van der Waals surface area (Å²) in [4.78, 5) is 12.0. The largest absolute Gasteiger partial charge is 0.382 e. The van der Waals surface area contributed by atoms with Crippen LogP contribution in [0.1, 0.15) is 32.6 Å². The summed E-state index contributed by atoms with van der Waals surface area (Å²) in [5.74, 6) is 1.38. The van der Waals surface area contributed by atoms with Crippen LogP contribution in [0.5, 0.6) is 0 Å². The molecule has 0 saturated heterocycles. The van der Waals surface area contributed by atoms with Gasteiger partial charge in [-0.1, -0.05) is 0 Å². The molecule has 4 nitrogen and oxygen atoms in total. The second-order valence-corrected chi connectivity index (χ2v) is 5.28. The van der Waals surface area contributed by atoms with Gasteiger partial charge in [0.05, 0.1) is 5.92 Å². The topological polar surface area (TPSA) is 64.3 Å². The molecule has 0 aromatic heterocycles. The summed E-state index contributed by atoms with van der Waals surface area (Å²) in [6, 6.07) is 0.0978. The summed E-state index contributed by atoms with van der Waals surface area (Å²) in [5.41, 5.74) is 6.13. The average molecular weight is 277 g/mol. The number of ether oxygens (including phenoxy) is 1. The molecule has 1 amide bonds. The van der Waals surface area contributed by atoms with Gasteiger partial charge in [0.15, 0.2) is 0 Å². The molecule has 2 fully saturated rings. The van der Waals surface area contributed by atoms with Gasteiger partial charge in [-0.05, 0) is 44.4 Å². The summed E-state index contributed by atoms with van der Waals surface area (Å²) in [6.45, 7) is 4.15. The minimum absolute atomic E-state index is 0. The zero-order valence-electron chi connectivity index (χ0n) is 11.1. The van der Waals surface area contributed by atoms with Crippen molar-refractivity contribution in [3.05, 3.63) is 0 Å². The summed E-state index contributed by atoms with van der Waals surface area (Å²) >= 11 is 0. The Bertz CT molecular complexity index is 274. The van der Waals surface area contributed by atoms with Crippen molar-refractivity contribution in [2.75, 3.05) is 19.8 Å². The van der Waals surface area contributed by atoms with Gasteiger partial charge in [0.25, 0.3) is 0 Å². The third-order valence-corrected chi connectivity index (χ3v) is 4.25. The third kappa shape index (κ3) is 3.37. The number of carbonyl (C=O) groups excluding carboxylic acids is 1. The number of hydrogen-bond acceptors (Lipinski definition) is 3. The maximum Gasteiger partial charge on any atom is 0.224 e. The molecule has 0 aliphatic heterocycles. The van der Waals surface area contributed by atoms with Gasteiger partial charge < -0.3 is 15.8 Å². The molecule has 2 saturated carbocycles. The average Bonchev–Trinajstić information content (AvgIpc) is 2.89. The fraction of sp³-hybridized carbons (Fsp3) is 0.923. The lowest BCUT2D eigenvalue weighted by atomic mass is 9.84. The molecule has 0 aromatic carbocycles. The van der Waals surface area contributed by atoms with Gasteiger partial charge in [-0.15, -0.1) is 12.4 Å². The van der Waals surface area contributed by atoms with Crippen LogP contribution in [0.25, 0.3) is 0 Å². The fourth-order valence-electron chi connectivity index (χ4n) is 3.37. The molecule has 0 radical (unpaired) electrons. The van der Waals surface area contributed by atoms with Crippen molar-refractivity contribution in [3.63, 3.8) is 0 Å². The zero-order valence-corrected chi connectivity index (χ0v) is 11.9. The highest BCUT2D eigenvalue weighted by molar-refractivity contribution is 5.85. The molecule has 3 N–H and O–H groups in total. The Labute approximate surface area is 115 Å². The Morgan fingerprint density at radius 1 is 1.39 bits per heavy atom. The normalized spacial score (nSPS) is 33.2. The second-order valence-electron chi connectivity index (χ2n) is 5.28. The van der Waals surface area contributed by atoms with Crippen LogP contribution in [0.15, 0.2) is 0 Å². The van der Waals surface area contributed by atoms with Crippen LogP contribution in [0, 0.1) is 17.8 Å². The van der Waals surface area contributed by atoms with Crippen LogP contribution in [0.3, 0.4) is 0 Å². The first-order valence-electron chi connectivity index (χ1n) is 6.85. The highest BCUT2D eigenvalue weighted by Gasteiger charge is 2.48. The summed E-state index contributed by atoms with van der Waals surface area (Å²) in [7, 11) is 0. The number of fused-ring (bicyclic) bond motifs is 2. The van der Waals surface area contributed by atoms with Crippen molar-refractivity contribution in [2.24, 2.45) is 23.5 Å². The SMILES string of the molecule is CCOCCCNC(=O)C1C2CCC(C2)C1N.Cl. The predicted octanol–water partition coefficient (Wildman–Crippen LogP) is 1.32. The van der Waals surface area contributed by atoms with E-state index in [1.807, 2.05) is 6.92 Å². The maximum absolute atomic E-state index is 12.0. The van der Waals surface area contributed by atoms with E-state index in [1.165, 1.54) is 12.8 Å². The van der Waals surface area contributed by atoms with Crippen LogP contribution in [0.4, 0.5) is 0 Å². The monoisotopic (exact) mass is 276 g/mol. The lowest BCUT2D eigenvalue weighted by molar-refractivity contribution is -0.127. The minimum atomic E-state index is 0. The number of halogens is 1. The molecule has 5 heteroatoms. The third-order valence-electron chi connectivity index (χ3n) is 4.25. The van der Waals surface area contributed by atoms with Gasteiger partial charge in [0.1, 0.15) is 0 Å². The zero-order chi connectivity index (χ0) is 12.3. The van der Waals surface area contributed by atoms with Crippen molar-refractivity contribution in [2.45, 2.75) is 38.6 Å².